The number of nitrogens with zero attached hydrogens (tertiary/aromatic N) is 2. The Bertz CT molecular complexity index is 1790. The molecule has 0 saturated carbocycles. The van der Waals surface area contributed by atoms with Crippen molar-refractivity contribution >= 4 is 62.3 Å². The van der Waals surface area contributed by atoms with Crippen LogP contribution in [0.4, 0.5) is 5.69 Å². The molecule has 0 fully saturated rings. The fourth-order valence-corrected chi connectivity index (χ4v) is 7.02. The number of methoxy groups -OCH3 is 1. The van der Waals surface area contributed by atoms with E-state index in [0.29, 0.717) is 27.9 Å². The van der Waals surface area contributed by atoms with Gasteiger partial charge in [0.1, 0.15) is 18.3 Å². The monoisotopic (exact) mass is 715 g/mol. The van der Waals surface area contributed by atoms with Crippen LogP contribution in [-0.2, 0) is 32.6 Å². The van der Waals surface area contributed by atoms with E-state index in [-0.39, 0.29) is 40.4 Å². The third kappa shape index (κ3) is 9.41. The highest BCUT2D eigenvalue weighted by Crippen LogP contribution is 2.32. The number of hydrogen-bond acceptors (Lipinski definition) is 5. The van der Waals surface area contributed by atoms with E-state index in [1.165, 1.54) is 42.3 Å². The molecule has 1 atom stereocenters. The second kappa shape index (κ2) is 16.4. The van der Waals surface area contributed by atoms with Gasteiger partial charge >= 0.3 is 0 Å². The molecular weight excluding hydrogens is 681 g/mol. The summed E-state index contributed by atoms with van der Waals surface area (Å²) in [6.07, 6.45) is 0.168. The molecule has 0 spiro atoms. The summed E-state index contributed by atoms with van der Waals surface area (Å²) < 4.78 is 34.5. The van der Waals surface area contributed by atoms with Crippen LogP contribution in [0, 0.1) is 5.92 Å². The van der Waals surface area contributed by atoms with E-state index < -0.39 is 28.5 Å². The summed E-state index contributed by atoms with van der Waals surface area (Å²) in [6, 6.07) is 25.4. The number of anilines is 1. The smallest absolute Gasteiger partial charge is 0.264 e. The lowest BCUT2D eigenvalue weighted by Gasteiger charge is -2.34. The fourth-order valence-electron chi connectivity index (χ4n) is 4.87. The molecule has 47 heavy (non-hydrogen) atoms. The van der Waals surface area contributed by atoms with Crippen molar-refractivity contribution < 1.29 is 22.7 Å². The number of benzene rings is 4. The Morgan fingerprint density at radius 1 is 0.851 bits per heavy atom. The molecule has 0 aliphatic rings. The van der Waals surface area contributed by atoms with Gasteiger partial charge in [0.2, 0.25) is 11.8 Å². The van der Waals surface area contributed by atoms with Crippen LogP contribution in [0.15, 0.2) is 102 Å². The van der Waals surface area contributed by atoms with Crippen molar-refractivity contribution in [1.29, 1.82) is 0 Å². The van der Waals surface area contributed by atoms with Gasteiger partial charge in [-0.1, -0.05) is 103 Å². The average Bonchev–Trinajstić information content (AvgIpc) is 3.05. The van der Waals surface area contributed by atoms with Crippen LogP contribution in [0.3, 0.4) is 0 Å². The Morgan fingerprint density at radius 3 is 2.11 bits per heavy atom. The molecule has 0 aromatic heterocycles. The number of carbonyl (C=O) groups is 2. The largest absolute Gasteiger partial charge is 0.495 e. The first-order valence-corrected chi connectivity index (χ1v) is 17.4. The van der Waals surface area contributed by atoms with Crippen molar-refractivity contribution in [3.8, 4) is 5.75 Å². The van der Waals surface area contributed by atoms with E-state index in [1.807, 2.05) is 44.2 Å². The number of sulfonamides is 1. The average molecular weight is 717 g/mol. The highest BCUT2D eigenvalue weighted by Gasteiger charge is 2.35. The Morgan fingerprint density at radius 2 is 1.51 bits per heavy atom. The summed E-state index contributed by atoms with van der Waals surface area (Å²) in [5.74, 6) is -0.533. The first-order valence-electron chi connectivity index (χ1n) is 14.9. The predicted octanol–water partition coefficient (Wildman–Crippen LogP) is 7.26. The number of amides is 2. The van der Waals surface area contributed by atoms with Gasteiger partial charge in [-0.05, 0) is 59.5 Å². The lowest BCUT2D eigenvalue weighted by Crippen LogP contribution is -2.53. The zero-order chi connectivity index (χ0) is 34.1. The SMILES string of the molecule is COc1ccc(N(CC(=O)N(Cc2ccc(Cl)cc2Cl)[C@@H](Cc2ccccc2)C(=O)NCC(C)C)S(=O)(=O)c2ccccc2)cc1Cl. The maximum Gasteiger partial charge on any atom is 0.264 e. The number of carbonyl (C=O) groups excluding carboxylic acids is 2. The van der Waals surface area contributed by atoms with Gasteiger partial charge in [0.25, 0.3) is 10.0 Å². The van der Waals surface area contributed by atoms with Crippen LogP contribution in [0.1, 0.15) is 25.0 Å². The molecule has 2 amide bonds. The fraction of sp³-hybridized carbons (Fsp3) is 0.257. The van der Waals surface area contributed by atoms with Crippen molar-refractivity contribution in [2.75, 3.05) is 24.5 Å². The quantitative estimate of drug-likeness (QED) is 0.148. The van der Waals surface area contributed by atoms with Gasteiger partial charge < -0.3 is 15.0 Å². The highest BCUT2D eigenvalue weighted by atomic mass is 35.5. The Labute approximate surface area is 291 Å². The molecule has 4 aromatic rings. The molecule has 248 valence electrons. The Kier molecular flexibility index (Phi) is 12.6. The van der Waals surface area contributed by atoms with Crippen molar-refractivity contribution in [2.24, 2.45) is 5.92 Å². The van der Waals surface area contributed by atoms with E-state index in [2.05, 4.69) is 5.32 Å². The highest BCUT2D eigenvalue weighted by molar-refractivity contribution is 7.92. The number of hydrogen-bond donors (Lipinski definition) is 1. The van der Waals surface area contributed by atoms with Gasteiger partial charge in [-0.3, -0.25) is 13.9 Å². The van der Waals surface area contributed by atoms with Crippen molar-refractivity contribution in [1.82, 2.24) is 10.2 Å². The summed E-state index contributed by atoms with van der Waals surface area (Å²) in [7, 11) is -2.85. The van der Waals surface area contributed by atoms with Crippen LogP contribution >= 0.6 is 34.8 Å². The van der Waals surface area contributed by atoms with Gasteiger partial charge in [-0.25, -0.2) is 8.42 Å². The maximum absolute atomic E-state index is 14.6. The van der Waals surface area contributed by atoms with Crippen molar-refractivity contribution in [3.05, 3.63) is 123 Å². The minimum absolute atomic E-state index is 0.0254. The molecule has 4 aromatic carbocycles. The van der Waals surface area contributed by atoms with Crippen LogP contribution < -0.4 is 14.4 Å². The molecule has 0 aliphatic carbocycles. The lowest BCUT2D eigenvalue weighted by molar-refractivity contribution is -0.140. The first kappa shape index (κ1) is 36.1. The second-order valence-electron chi connectivity index (χ2n) is 11.2. The third-order valence-electron chi connectivity index (χ3n) is 7.34. The summed E-state index contributed by atoms with van der Waals surface area (Å²) in [4.78, 5) is 29.8. The van der Waals surface area contributed by atoms with Crippen LogP contribution in [-0.4, -0.2) is 51.4 Å². The van der Waals surface area contributed by atoms with Crippen molar-refractivity contribution in [2.45, 2.75) is 37.8 Å². The molecular formula is C35H36Cl3N3O5S. The Balaban J connectivity index is 1.83. The van der Waals surface area contributed by atoms with E-state index >= 15 is 0 Å². The van der Waals surface area contributed by atoms with Gasteiger partial charge in [0, 0.05) is 29.6 Å². The van der Waals surface area contributed by atoms with Gasteiger partial charge in [-0.2, -0.15) is 0 Å². The molecule has 0 heterocycles. The summed E-state index contributed by atoms with van der Waals surface area (Å²) in [6.45, 7) is 3.58. The topological polar surface area (TPSA) is 96.0 Å². The van der Waals surface area contributed by atoms with Crippen LogP contribution in [0.25, 0.3) is 0 Å². The third-order valence-corrected chi connectivity index (χ3v) is 10.0. The number of rotatable bonds is 14. The molecule has 0 radical (unpaired) electrons. The zero-order valence-electron chi connectivity index (χ0n) is 26.2. The summed E-state index contributed by atoms with van der Waals surface area (Å²) >= 11 is 19.2. The van der Waals surface area contributed by atoms with E-state index in [0.717, 1.165) is 9.87 Å². The summed E-state index contributed by atoms with van der Waals surface area (Å²) in [5.41, 5.74) is 1.48. The first-order chi connectivity index (χ1) is 22.4. The normalized spacial score (nSPS) is 12.0. The number of halogens is 3. The maximum atomic E-state index is 14.6. The zero-order valence-corrected chi connectivity index (χ0v) is 29.3. The Hall–Kier alpha value is -3.76. The molecule has 0 saturated heterocycles. The standard InChI is InChI=1S/C35H36Cl3N3O5S/c1-24(2)21-39-35(43)32(18-25-10-6-4-7-11-25)40(22-26-14-15-27(36)19-30(26)37)34(42)23-41(28-16-17-33(46-3)31(38)20-28)47(44,45)29-12-8-5-9-13-29/h4-17,19-20,24,32H,18,21-23H2,1-3H3,(H,39,43)/t32-/m0/s1. The number of nitrogens with one attached hydrogen (secondary N) is 1. The predicted molar refractivity (Wildman–Crippen MR) is 188 cm³/mol. The van der Waals surface area contributed by atoms with E-state index in [1.54, 1.807) is 36.4 Å². The molecule has 0 aliphatic heterocycles. The number of ether oxygens (including phenoxy) is 1. The molecule has 0 bridgehead atoms. The molecule has 0 unspecified atom stereocenters. The lowest BCUT2D eigenvalue weighted by atomic mass is 10.0. The molecule has 8 nitrogen and oxygen atoms in total. The molecule has 12 heteroatoms. The van der Waals surface area contributed by atoms with Crippen LogP contribution in [0.2, 0.25) is 15.1 Å². The van der Waals surface area contributed by atoms with E-state index in [9.17, 15) is 18.0 Å². The van der Waals surface area contributed by atoms with E-state index in [4.69, 9.17) is 39.5 Å². The van der Waals surface area contributed by atoms with Crippen molar-refractivity contribution in [3.63, 3.8) is 0 Å². The van der Waals surface area contributed by atoms with Crippen LogP contribution in [0.5, 0.6) is 5.75 Å². The van der Waals surface area contributed by atoms with Gasteiger partial charge in [-0.15, -0.1) is 0 Å². The summed E-state index contributed by atoms with van der Waals surface area (Å²) in [5, 5.41) is 3.82. The minimum atomic E-state index is -4.29. The van der Waals surface area contributed by atoms with Gasteiger partial charge in [0.15, 0.2) is 0 Å². The minimum Gasteiger partial charge on any atom is -0.495 e. The molecule has 4 rings (SSSR count). The second-order valence-corrected chi connectivity index (χ2v) is 14.4. The molecule has 1 N–H and O–H groups in total. The van der Waals surface area contributed by atoms with Gasteiger partial charge in [0.05, 0.1) is 22.7 Å².